The Morgan fingerprint density at radius 3 is 2.32 bits per heavy atom. The van der Waals surface area contributed by atoms with Gasteiger partial charge in [0.2, 0.25) is 0 Å². The van der Waals surface area contributed by atoms with Gasteiger partial charge in [-0.2, -0.15) is 0 Å². The maximum atomic E-state index is 8.76. The second kappa shape index (κ2) is 10.3. The summed E-state index contributed by atoms with van der Waals surface area (Å²) in [5.74, 6) is 2.25. The van der Waals surface area contributed by atoms with Gasteiger partial charge in [0, 0.05) is 21.6 Å². The van der Waals surface area contributed by atoms with Crippen LogP contribution in [0.3, 0.4) is 0 Å². The number of hydrogen-bond acceptors (Lipinski definition) is 4. The highest BCUT2D eigenvalue weighted by molar-refractivity contribution is 7.17. The van der Waals surface area contributed by atoms with Crippen LogP contribution in [0.15, 0.2) is 139 Å². The van der Waals surface area contributed by atoms with Crippen molar-refractivity contribution in [2.75, 3.05) is 0 Å². The molecule has 2 N–H and O–H groups in total. The quantitative estimate of drug-likeness (QED) is 0.198. The molecule has 5 aromatic rings. The molecule has 0 fully saturated rings. The van der Waals surface area contributed by atoms with Crippen molar-refractivity contribution in [2.24, 2.45) is 5.92 Å². The lowest BCUT2D eigenvalue weighted by Crippen LogP contribution is -2.33. The highest BCUT2D eigenvalue weighted by Crippen LogP contribution is 2.64. The molecule has 8 rings (SSSR count). The van der Waals surface area contributed by atoms with Gasteiger partial charge in [-0.05, 0) is 76.6 Å². The zero-order chi connectivity index (χ0) is 29.8. The van der Waals surface area contributed by atoms with E-state index in [1.807, 2.05) is 36.4 Å². The molecule has 4 aromatic carbocycles. The van der Waals surface area contributed by atoms with Crippen LogP contribution in [-0.4, -0.2) is 11.4 Å². The van der Waals surface area contributed by atoms with Gasteiger partial charge in [-0.25, -0.2) is 0 Å². The first-order chi connectivity index (χ1) is 21.6. The fourth-order valence-corrected chi connectivity index (χ4v) is 8.07. The summed E-state index contributed by atoms with van der Waals surface area (Å²) in [7, 11) is 0. The number of nitrogens with one attached hydrogen (secondary N) is 2. The van der Waals surface area contributed by atoms with E-state index >= 15 is 0 Å². The van der Waals surface area contributed by atoms with Crippen molar-refractivity contribution in [1.82, 2.24) is 0 Å². The van der Waals surface area contributed by atoms with Crippen LogP contribution in [0.1, 0.15) is 46.0 Å². The van der Waals surface area contributed by atoms with Crippen LogP contribution in [0.5, 0.6) is 11.5 Å². The van der Waals surface area contributed by atoms with Crippen molar-refractivity contribution in [3.8, 4) is 21.9 Å². The van der Waals surface area contributed by atoms with Crippen molar-refractivity contribution in [3.63, 3.8) is 0 Å². The van der Waals surface area contributed by atoms with Crippen LogP contribution >= 0.6 is 11.3 Å². The minimum absolute atomic E-state index is 0.385. The zero-order valence-electron chi connectivity index (χ0n) is 24.3. The molecule has 2 heterocycles. The first-order valence-electron chi connectivity index (χ1n) is 15.0. The second-order valence-corrected chi connectivity index (χ2v) is 12.8. The summed E-state index contributed by atoms with van der Waals surface area (Å²) in [5, 5.41) is 17.1. The first kappa shape index (κ1) is 26.6. The largest absolute Gasteiger partial charge is 0.456 e. The SMILES string of the molecule is CC1C=CC2=C(C1)c1ccccc1C21c2ccccc2Oc2c(-c3ccc(C(=N)/C=C\C(=N)c4ccccc4)s3)cccc21. The van der Waals surface area contributed by atoms with Crippen molar-refractivity contribution < 1.29 is 4.74 Å². The van der Waals surface area contributed by atoms with Gasteiger partial charge < -0.3 is 10.1 Å². The maximum Gasteiger partial charge on any atom is 0.140 e. The third-order valence-corrected chi connectivity index (χ3v) is 10.2. The highest BCUT2D eigenvalue weighted by Gasteiger charge is 2.52. The number of benzene rings is 4. The van der Waals surface area contributed by atoms with Crippen molar-refractivity contribution in [2.45, 2.75) is 18.8 Å². The number of hydrogen-bond donors (Lipinski definition) is 2. The Kier molecular flexibility index (Phi) is 6.21. The number of thiophene rings is 1. The fraction of sp³-hybridized carbons (Fsp3) is 0.100. The number of ether oxygens (including phenoxy) is 1. The summed E-state index contributed by atoms with van der Waals surface area (Å²) in [4.78, 5) is 1.90. The molecule has 2 atom stereocenters. The van der Waals surface area contributed by atoms with E-state index in [0.29, 0.717) is 17.3 Å². The van der Waals surface area contributed by atoms with Crippen LogP contribution in [0.25, 0.3) is 16.0 Å². The van der Waals surface area contributed by atoms with Crippen molar-refractivity contribution >= 4 is 28.3 Å². The molecule has 2 unspecified atom stereocenters. The highest BCUT2D eigenvalue weighted by atomic mass is 32.1. The van der Waals surface area contributed by atoms with Gasteiger partial charge in [0.25, 0.3) is 0 Å². The summed E-state index contributed by atoms with van der Waals surface area (Å²) in [6.45, 7) is 2.30. The van der Waals surface area contributed by atoms with Crippen LogP contribution in [0.2, 0.25) is 0 Å². The molecule has 1 aliphatic heterocycles. The van der Waals surface area contributed by atoms with Crippen molar-refractivity contribution in [1.29, 1.82) is 10.8 Å². The lowest BCUT2D eigenvalue weighted by atomic mass is 9.64. The molecular formula is C40H30N2OS. The minimum Gasteiger partial charge on any atom is -0.456 e. The Balaban J connectivity index is 1.25. The third-order valence-electron chi connectivity index (χ3n) is 9.06. The number of fused-ring (bicyclic) bond motifs is 8. The van der Waals surface area contributed by atoms with E-state index in [-0.39, 0.29) is 0 Å². The predicted molar refractivity (Wildman–Crippen MR) is 182 cm³/mol. The first-order valence-corrected chi connectivity index (χ1v) is 15.8. The third kappa shape index (κ3) is 3.95. The van der Waals surface area contributed by atoms with Gasteiger partial charge in [-0.3, -0.25) is 5.41 Å². The van der Waals surface area contributed by atoms with E-state index in [4.69, 9.17) is 15.6 Å². The molecule has 0 saturated carbocycles. The summed E-state index contributed by atoms with van der Waals surface area (Å²) in [6, 6.07) is 37.6. The Morgan fingerprint density at radius 2 is 1.45 bits per heavy atom. The molecule has 1 spiro atoms. The van der Waals surface area contributed by atoms with Gasteiger partial charge in [0.05, 0.1) is 21.7 Å². The van der Waals surface area contributed by atoms with Crippen molar-refractivity contribution in [3.05, 3.63) is 172 Å². The molecule has 0 amide bonds. The van der Waals surface area contributed by atoms with Gasteiger partial charge in [-0.15, -0.1) is 11.3 Å². The standard InChI is InChI=1S/C40H30N2OS/c1-25-18-19-31-29(24-25)27-12-5-6-14-30(27)40(31)32-15-7-8-17-36(32)43-39-28(13-9-16-33(39)40)37-22-23-38(44-37)35(42)21-20-34(41)26-10-3-2-4-11-26/h2-23,25,41-42H,24H2,1H3/b21-20-,41-34?,42-35?. The zero-order valence-corrected chi connectivity index (χ0v) is 25.1. The van der Waals surface area contributed by atoms with E-state index in [1.54, 1.807) is 23.5 Å². The minimum atomic E-state index is -0.462. The van der Waals surface area contributed by atoms with Gasteiger partial charge in [-0.1, -0.05) is 104 Å². The molecular weight excluding hydrogens is 557 g/mol. The Morgan fingerprint density at radius 1 is 0.750 bits per heavy atom. The number of para-hydroxylation sites is 2. The molecule has 3 nitrogen and oxygen atoms in total. The van der Waals surface area contributed by atoms with Gasteiger partial charge in [0.15, 0.2) is 0 Å². The Labute approximate surface area is 261 Å². The lowest BCUT2D eigenvalue weighted by molar-refractivity contribution is 0.437. The topological polar surface area (TPSA) is 56.9 Å². The second-order valence-electron chi connectivity index (χ2n) is 11.7. The monoisotopic (exact) mass is 586 g/mol. The van der Waals surface area contributed by atoms with Crippen LogP contribution in [0, 0.1) is 16.7 Å². The van der Waals surface area contributed by atoms with Gasteiger partial charge in [0.1, 0.15) is 11.5 Å². The molecule has 1 aromatic heterocycles. The smallest absolute Gasteiger partial charge is 0.140 e. The van der Waals surface area contributed by atoms with Gasteiger partial charge >= 0.3 is 0 Å². The molecule has 2 aliphatic carbocycles. The van der Waals surface area contributed by atoms with E-state index in [2.05, 4.69) is 91.9 Å². The molecule has 3 aliphatic rings. The number of allylic oxidation sites excluding steroid dienone is 6. The van der Waals surface area contributed by atoms with Crippen LogP contribution in [0.4, 0.5) is 0 Å². The molecule has 4 heteroatoms. The molecule has 0 bridgehead atoms. The average Bonchev–Trinajstić information content (AvgIpc) is 3.66. The lowest BCUT2D eigenvalue weighted by Gasteiger charge is -2.41. The Bertz CT molecular complexity index is 2080. The normalized spacial score (nSPS) is 19.3. The van der Waals surface area contributed by atoms with Crippen LogP contribution < -0.4 is 4.74 Å². The summed E-state index contributed by atoms with van der Waals surface area (Å²) >= 11 is 1.58. The maximum absolute atomic E-state index is 8.76. The van der Waals surface area contributed by atoms with E-state index < -0.39 is 5.41 Å². The summed E-state index contributed by atoms with van der Waals surface area (Å²) < 4.78 is 6.83. The van der Waals surface area contributed by atoms with Crippen LogP contribution in [-0.2, 0) is 5.41 Å². The van der Waals surface area contributed by atoms with E-state index in [0.717, 1.165) is 44.4 Å². The predicted octanol–water partition coefficient (Wildman–Crippen LogP) is 10.2. The molecule has 44 heavy (non-hydrogen) atoms. The van der Waals surface area contributed by atoms with E-state index in [1.165, 1.54) is 27.8 Å². The summed E-state index contributed by atoms with van der Waals surface area (Å²) in [5.41, 5.74) is 9.95. The fourth-order valence-electron chi connectivity index (χ4n) is 7.11. The Hall–Kier alpha value is -5.06. The van der Waals surface area contributed by atoms with E-state index in [9.17, 15) is 0 Å². The molecule has 212 valence electrons. The molecule has 0 radical (unpaired) electrons. The number of rotatable bonds is 5. The average molecular weight is 587 g/mol. The molecule has 0 saturated heterocycles. The summed E-state index contributed by atoms with van der Waals surface area (Å²) in [6.07, 6.45) is 9.16.